The Bertz CT molecular complexity index is 385. The van der Waals surface area contributed by atoms with Gasteiger partial charge in [-0.1, -0.05) is 0 Å². The van der Waals surface area contributed by atoms with E-state index < -0.39 is 0 Å². The van der Waals surface area contributed by atoms with Gasteiger partial charge in [-0.2, -0.15) is 0 Å². The van der Waals surface area contributed by atoms with Crippen LogP contribution in [0.15, 0.2) is 18.3 Å². The lowest BCUT2D eigenvalue weighted by atomic mass is 10.3. The van der Waals surface area contributed by atoms with Crippen LogP contribution in [-0.2, 0) is 4.79 Å². The van der Waals surface area contributed by atoms with Crippen molar-refractivity contribution in [2.75, 3.05) is 36.8 Å². The Morgan fingerprint density at radius 2 is 2.06 bits per heavy atom. The molecule has 0 aromatic carbocycles. The minimum atomic E-state index is 0.139. The molecule has 1 aliphatic rings. The lowest BCUT2D eigenvalue weighted by Gasteiger charge is -2.34. The van der Waals surface area contributed by atoms with E-state index >= 15 is 0 Å². The van der Waals surface area contributed by atoms with Crippen molar-refractivity contribution in [2.45, 2.75) is 6.92 Å². The van der Waals surface area contributed by atoms with Gasteiger partial charge in [0.15, 0.2) is 0 Å². The summed E-state index contributed by atoms with van der Waals surface area (Å²) >= 11 is 0. The number of hydrogen-bond donors (Lipinski definition) is 1. The van der Waals surface area contributed by atoms with Gasteiger partial charge in [0.1, 0.15) is 5.82 Å². The number of nitrogens with two attached hydrogens (primary N) is 1. The third kappa shape index (κ3) is 2.24. The number of pyridine rings is 1. The van der Waals surface area contributed by atoms with Crippen molar-refractivity contribution in [3.63, 3.8) is 0 Å². The summed E-state index contributed by atoms with van der Waals surface area (Å²) in [6, 6.07) is 3.64. The van der Waals surface area contributed by atoms with Crippen LogP contribution in [0.2, 0.25) is 0 Å². The van der Waals surface area contributed by atoms with Gasteiger partial charge in [0.05, 0.1) is 0 Å². The summed E-state index contributed by atoms with van der Waals surface area (Å²) in [5.41, 5.74) is 6.43. The molecule has 1 aromatic rings. The van der Waals surface area contributed by atoms with Crippen molar-refractivity contribution < 1.29 is 4.79 Å². The average molecular weight is 220 g/mol. The highest BCUT2D eigenvalue weighted by molar-refractivity contribution is 5.73. The van der Waals surface area contributed by atoms with Crippen LogP contribution in [0.5, 0.6) is 0 Å². The van der Waals surface area contributed by atoms with E-state index in [1.807, 2.05) is 11.0 Å². The molecule has 0 unspecified atom stereocenters. The lowest BCUT2D eigenvalue weighted by Crippen LogP contribution is -2.48. The van der Waals surface area contributed by atoms with Gasteiger partial charge in [-0.05, 0) is 6.07 Å². The number of carbonyl (C=O) groups is 1. The fraction of sp³-hybridized carbons (Fsp3) is 0.455. The van der Waals surface area contributed by atoms with Gasteiger partial charge in [0.25, 0.3) is 0 Å². The monoisotopic (exact) mass is 220 g/mol. The maximum Gasteiger partial charge on any atom is 0.219 e. The zero-order chi connectivity index (χ0) is 11.5. The third-order valence-electron chi connectivity index (χ3n) is 2.82. The molecule has 1 amide bonds. The van der Waals surface area contributed by atoms with E-state index in [4.69, 9.17) is 5.73 Å². The first-order chi connectivity index (χ1) is 7.66. The number of piperazine rings is 1. The highest BCUT2D eigenvalue weighted by atomic mass is 16.2. The Morgan fingerprint density at radius 1 is 1.38 bits per heavy atom. The van der Waals surface area contributed by atoms with Crippen molar-refractivity contribution in [2.24, 2.45) is 0 Å². The minimum Gasteiger partial charge on any atom is -0.399 e. The molecule has 0 atom stereocenters. The highest BCUT2D eigenvalue weighted by Crippen LogP contribution is 2.15. The van der Waals surface area contributed by atoms with Crippen molar-refractivity contribution in [1.29, 1.82) is 0 Å². The first-order valence-electron chi connectivity index (χ1n) is 5.39. The van der Waals surface area contributed by atoms with Crippen LogP contribution in [0.4, 0.5) is 11.5 Å². The lowest BCUT2D eigenvalue weighted by molar-refractivity contribution is -0.129. The normalized spacial score (nSPS) is 16.3. The molecule has 2 N–H and O–H groups in total. The second-order valence-corrected chi connectivity index (χ2v) is 3.94. The first-order valence-corrected chi connectivity index (χ1v) is 5.39. The summed E-state index contributed by atoms with van der Waals surface area (Å²) in [5.74, 6) is 1.03. The summed E-state index contributed by atoms with van der Waals surface area (Å²) < 4.78 is 0. The van der Waals surface area contributed by atoms with Crippen LogP contribution in [0.3, 0.4) is 0 Å². The molecule has 86 valence electrons. The van der Waals surface area contributed by atoms with Crippen molar-refractivity contribution in [3.8, 4) is 0 Å². The van der Waals surface area contributed by atoms with Gasteiger partial charge in [-0.25, -0.2) is 4.98 Å². The van der Waals surface area contributed by atoms with Gasteiger partial charge >= 0.3 is 0 Å². The van der Waals surface area contributed by atoms with E-state index in [0.29, 0.717) is 0 Å². The maximum absolute atomic E-state index is 11.2. The van der Waals surface area contributed by atoms with E-state index in [0.717, 1.165) is 37.7 Å². The minimum absolute atomic E-state index is 0.139. The summed E-state index contributed by atoms with van der Waals surface area (Å²) in [6.45, 7) is 4.75. The van der Waals surface area contributed by atoms with E-state index in [1.54, 1.807) is 19.2 Å². The number of rotatable bonds is 1. The molecule has 0 radical (unpaired) electrons. The zero-order valence-corrected chi connectivity index (χ0v) is 9.39. The Hall–Kier alpha value is -1.78. The molecule has 0 aliphatic carbocycles. The smallest absolute Gasteiger partial charge is 0.219 e. The van der Waals surface area contributed by atoms with E-state index in [1.165, 1.54) is 0 Å². The molecule has 1 fully saturated rings. The molecule has 0 spiro atoms. The van der Waals surface area contributed by atoms with Crippen LogP contribution < -0.4 is 10.6 Å². The summed E-state index contributed by atoms with van der Waals surface area (Å²) in [5, 5.41) is 0. The summed E-state index contributed by atoms with van der Waals surface area (Å²) in [4.78, 5) is 19.4. The third-order valence-corrected chi connectivity index (χ3v) is 2.82. The Balaban J connectivity index is 2.01. The number of nitrogens with zero attached hydrogens (tertiary/aromatic N) is 3. The molecule has 1 aromatic heterocycles. The molecule has 1 saturated heterocycles. The van der Waals surface area contributed by atoms with Crippen LogP contribution in [0.25, 0.3) is 0 Å². The van der Waals surface area contributed by atoms with Crippen LogP contribution >= 0.6 is 0 Å². The predicted molar refractivity (Wildman–Crippen MR) is 63.1 cm³/mol. The molecule has 5 heteroatoms. The van der Waals surface area contributed by atoms with Crippen LogP contribution in [0.1, 0.15) is 6.92 Å². The standard InChI is InChI=1S/C11H16N4O/c1-9(16)14-4-6-15(7-5-14)11-8-10(12)2-3-13-11/h2-3,8H,4-7H2,1H3,(H2,12,13). The van der Waals surface area contributed by atoms with Gasteiger partial charge in [0, 0.05) is 51.1 Å². The summed E-state index contributed by atoms with van der Waals surface area (Å²) in [7, 11) is 0. The van der Waals surface area contributed by atoms with Gasteiger partial charge in [0.2, 0.25) is 5.91 Å². The number of anilines is 2. The molecule has 2 heterocycles. The van der Waals surface area contributed by atoms with Crippen LogP contribution in [0, 0.1) is 0 Å². The molecular formula is C11H16N4O. The molecule has 0 bridgehead atoms. The number of aromatic nitrogens is 1. The van der Waals surface area contributed by atoms with E-state index in [9.17, 15) is 4.79 Å². The van der Waals surface area contributed by atoms with Gasteiger partial charge in [-0.15, -0.1) is 0 Å². The Kier molecular flexibility index (Phi) is 2.94. The quantitative estimate of drug-likeness (QED) is 0.741. The maximum atomic E-state index is 11.2. The first kappa shape index (κ1) is 10.7. The average Bonchev–Trinajstić information content (AvgIpc) is 2.29. The number of nitrogen functional groups attached to an aromatic ring is 1. The molecule has 5 nitrogen and oxygen atoms in total. The second kappa shape index (κ2) is 4.38. The topological polar surface area (TPSA) is 62.5 Å². The second-order valence-electron chi connectivity index (χ2n) is 3.94. The Morgan fingerprint density at radius 3 is 2.62 bits per heavy atom. The van der Waals surface area contributed by atoms with Crippen molar-refractivity contribution >= 4 is 17.4 Å². The van der Waals surface area contributed by atoms with Gasteiger partial charge < -0.3 is 15.5 Å². The largest absolute Gasteiger partial charge is 0.399 e. The molecule has 16 heavy (non-hydrogen) atoms. The molecule has 1 aliphatic heterocycles. The van der Waals surface area contributed by atoms with Crippen molar-refractivity contribution in [1.82, 2.24) is 9.88 Å². The van der Waals surface area contributed by atoms with E-state index in [-0.39, 0.29) is 5.91 Å². The summed E-state index contributed by atoms with van der Waals surface area (Å²) in [6.07, 6.45) is 1.71. The zero-order valence-electron chi connectivity index (χ0n) is 9.39. The van der Waals surface area contributed by atoms with Crippen LogP contribution in [-0.4, -0.2) is 42.0 Å². The predicted octanol–water partition coefficient (Wildman–Crippen LogP) is 0.332. The molecule has 0 saturated carbocycles. The highest BCUT2D eigenvalue weighted by Gasteiger charge is 2.19. The van der Waals surface area contributed by atoms with Gasteiger partial charge in [-0.3, -0.25) is 4.79 Å². The molecular weight excluding hydrogens is 204 g/mol. The fourth-order valence-electron chi connectivity index (χ4n) is 1.86. The number of amides is 1. The van der Waals surface area contributed by atoms with E-state index in [2.05, 4.69) is 9.88 Å². The number of carbonyl (C=O) groups excluding carboxylic acids is 1. The molecule has 2 rings (SSSR count). The number of hydrogen-bond acceptors (Lipinski definition) is 4. The fourth-order valence-corrected chi connectivity index (χ4v) is 1.86. The Labute approximate surface area is 94.9 Å². The van der Waals surface area contributed by atoms with Crippen molar-refractivity contribution in [3.05, 3.63) is 18.3 Å². The SMILES string of the molecule is CC(=O)N1CCN(c2cc(N)ccn2)CC1.